The second-order valence-electron chi connectivity index (χ2n) is 7.84. The van der Waals surface area contributed by atoms with Crippen LogP contribution in [0.1, 0.15) is 54.6 Å². The third kappa shape index (κ3) is 5.55. The van der Waals surface area contributed by atoms with Crippen molar-refractivity contribution in [1.29, 1.82) is 0 Å². The van der Waals surface area contributed by atoms with Crippen LogP contribution in [-0.2, 0) is 4.79 Å². The first-order chi connectivity index (χ1) is 15.3. The lowest BCUT2D eigenvalue weighted by molar-refractivity contribution is -0.136. The van der Waals surface area contributed by atoms with Gasteiger partial charge in [0, 0.05) is 18.0 Å². The third-order valence-electron chi connectivity index (χ3n) is 4.94. The van der Waals surface area contributed by atoms with Gasteiger partial charge in [0.1, 0.15) is 22.6 Å². The fourth-order valence-electron chi connectivity index (χ4n) is 3.34. The lowest BCUT2D eigenvalue weighted by Gasteiger charge is -2.12. The Bertz CT molecular complexity index is 1190. The Labute approximate surface area is 186 Å². The molecule has 168 valence electrons. The van der Waals surface area contributed by atoms with E-state index in [1.165, 1.54) is 17.7 Å². The summed E-state index contributed by atoms with van der Waals surface area (Å²) in [7, 11) is 0. The van der Waals surface area contributed by atoms with Gasteiger partial charge in [0.05, 0.1) is 0 Å². The maximum Gasteiger partial charge on any atom is 0.349 e. The minimum atomic E-state index is -0.752. The number of aryl methyl sites for hydroxylation is 1. The van der Waals surface area contributed by atoms with Crippen molar-refractivity contribution in [2.45, 2.75) is 40.0 Å². The molecule has 3 aromatic rings. The Morgan fingerprint density at radius 1 is 1.06 bits per heavy atom. The van der Waals surface area contributed by atoms with Gasteiger partial charge in [-0.25, -0.2) is 9.59 Å². The molecule has 0 aliphatic heterocycles. The standard InChI is InChI=1S/C25H27NO6/c1-5-10-26-24(28)21-12-17-6-7-19(13-22(17)32-25(21)29)31-23(27)14-30-18-8-9-20(15(2)3)16(4)11-18/h6-9,11-13,15H,5,10,14H2,1-4H3,(H,26,28). The van der Waals surface area contributed by atoms with Crippen molar-refractivity contribution < 1.29 is 23.5 Å². The molecule has 7 nitrogen and oxygen atoms in total. The summed E-state index contributed by atoms with van der Waals surface area (Å²) in [6, 6.07) is 11.8. The molecule has 0 aliphatic rings. The van der Waals surface area contributed by atoms with Gasteiger partial charge in [-0.2, -0.15) is 0 Å². The summed E-state index contributed by atoms with van der Waals surface area (Å²) in [5, 5.41) is 3.19. The monoisotopic (exact) mass is 437 g/mol. The van der Waals surface area contributed by atoms with Gasteiger partial charge in [0.15, 0.2) is 6.61 Å². The Morgan fingerprint density at radius 3 is 2.50 bits per heavy atom. The summed E-state index contributed by atoms with van der Waals surface area (Å²) < 4.78 is 16.1. The summed E-state index contributed by atoms with van der Waals surface area (Å²) in [4.78, 5) is 36.5. The summed E-state index contributed by atoms with van der Waals surface area (Å²) in [5.74, 6) is 0.134. The van der Waals surface area contributed by atoms with Crippen LogP contribution in [0.5, 0.6) is 11.5 Å². The molecule has 0 saturated carbocycles. The zero-order valence-electron chi connectivity index (χ0n) is 18.7. The molecule has 2 aromatic carbocycles. The molecule has 0 aliphatic carbocycles. The van der Waals surface area contributed by atoms with Crippen molar-refractivity contribution in [2.75, 3.05) is 13.2 Å². The van der Waals surface area contributed by atoms with Crippen molar-refractivity contribution in [2.24, 2.45) is 0 Å². The molecule has 0 saturated heterocycles. The maximum absolute atomic E-state index is 12.2. The van der Waals surface area contributed by atoms with Crippen LogP contribution in [0.25, 0.3) is 11.0 Å². The zero-order chi connectivity index (χ0) is 23.3. The summed E-state index contributed by atoms with van der Waals surface area (Å²) in [5.41, 5.74) is 1.72. The van der Waals surface area contributed by atoms with Crippen LogP contribution in [0.4, 0.5) is 0 Å². The fourth-order valence-corrected chi connectivity index (χ4v) is 3.34. The Morgan fingerprint density at radius 2 is 1.81 bits per heavy atom. The van der Waals surface area contributed by atoms with Crippen molar-refractivity contribution in [1.82, 2.24) is 5.32 Å². The van der Waals surface area contributed by atoms with Crippen LogP contribution in [0.2, 0.25) is 0 Å². The van der Waals surface area contributed by atoms with Gasteiger partial charge in [-0.05, 0) is 60.7 Å². The number of ether oxygens (including phenoxy) is 2. The van der Waals surface area contributed by atoms with E-state index in [0.29, 0.717) is 23.6 Å². The smallest absolute Gasteiger partial charge is 0.349 e. The summed E-state index contributed by atoms with van der Waals surface area (Å²) in [6.07, 6.45) is 0.756. The predicted octanol–water partition coefficient (Wildman–Crippen LogP) is 4.35. The third-order valence-corrected chi connectivity index (χ3v) is 4.94. The highest BCUT2D eigenvalue weighted by Gasteiger charge is 2.14. The molecule has 0 fully saturated rings. The molecule has 1 N–H and O–H groups in total. The Balaban J connectivity index is 1.66. The molecule has 0 atom stereocenters. The van der Waals surface area contributed by atoms with Gasteiger partial charge >= 0.3 is 11.6 Å². The Hall–Kier alpha value is -3.61. The van der Waals surface area contributed by atoms with Crippen molar-refractivity contribution in [3.8, 4) is 11.5 Å². The van der Waals surface area contributed by atoms with E-state index in [-0.39, 0.29) is 23.5 Å². The van der Waals surface area contributed by atoms with Crippen LogP contribution in [0, 0.1) is 6.92 Å². The van der Waals surface area contributed by atoms with E-state index in [1.54, 1.807) is 12.1 Å². The number of nitrogens with one attached hydrogen (secondary N) is 1. The van der Waals surface area contributed by atoms with E-state index < -0.39 is 17.5 Å². The number of amides is 1. The lowest BCUT2D eigenvalue weighted by atomic mass is 9.98. The molecule has 7 heteroatoms. The van der Waals surface area contributed by atoms with Crippen LogP contribution in [-0.4, -0.2) is 25.0 Å². The number of esters is 1. The number of carbonyl (C=O) groups is 2. The predicted molar refractivity (Wildman–Crippen MR) is 122 cm³/mol. The van der Waals surface area contributed by atoms with E-state index >= 15 is 0 Å². The van der Waals surface area contributed by atoms with Crippen LogP contribution < -0.4 is 20.4 Å². The molecular formula is C25H27NO6. The van der Waals surface area contributed by atoms with Crippen LogP contribution >= 0.6 is 0 Å². The zero-order valence-corrected chi connectivity index (χ0v) is 18.7. The summed E-state index contributed by atoms with van der Waals surface area (Å²) in [6.45, 7) is 8.36. The molecule has 1 aromatic heterocycles. The number of fused-ring (bicyclic) bond motifs is 1. The maximum atomic E-state index is 12.2. The first kappa shape index (κ1) is 23.1. The number of hydrogen-bond acceptors (Lipinski definition) is 6. The molecule has 1 heterocycles. The molecular weight excluding hydrogens is 410 g/mol. The van der Waals surface area contributed by atoms with Gasteiger partial charge in [-0.3, -0.25) is 4.79 Å². The highest BCUT2D eigenvalue weighted by Crippen LogP contribution is 2.24. The van der Waals surface area contributed by atoms with E-state index in [9.17, 15) is 14.4 Å². The molecule has 0 radical (unpaired) electrons. The van der Waals surface area contributed by atoms with Gasteiger partial charge in [0.2, 0.25) is 0 Å². The van der Waals surface area contributed by atoms with E-state index in [1.807, 2.05) is 32.0 Å². The Kier molecular flexibility index (Phi) is 7.30. The van der Waals surface area contributed by atoms with Crippen molar-refractivity contribution >= 4 is 22.8 Å². The second kappa shape index (κ2) is 10.1. The largest absolute Gasteiger partial charge is 0.482 e. The van der Waals surface area contributed by atoms with E-state index in [4.69, 9.17) is 13.9 Å². The van der Waals surface area contributed by atoms with Gasteiger partial charge in [-0.1, -0.05) is 26.8 Å². The molecule has 3 rings (SSSR count). The van der Waals surface area contributed by atoms with Crippen LogP contribution in [0.3, 0.4) is 0 Å². The number of carbonyl (C=O) groups excluding carboxylic acids is 2. The molecule has 0 bridgehead atoms. The second-order valence-corrected chi connectivity index (χ2v) is 7.84. The quantitative estimate of drug-likeness (QED) is 0.320. The number of rotatable bonds is 8. The highest BCUT2D eigenvalue weighted by atomic mass is 16.6. The van der Waals surface area contributed by atoms with E-state index in [0.717, 1.165) is 12.0 Å². The minimum absolute atomic E-state index is 0.0668. The summed E-state index contributed by atoms with van der Waals surface area (Å²) >= 11 is 0. The number of hydrogen-bond donors (Lipinski definition) is 1. The fraction of sp³-hybridized carbons (Fsp3) is 0.320. The van der Waals surface area contributed by atoms with Gasteiger partial charge in [0.25, 0.3) is 5.91 Å². The molecule has 32 heavy (non-hydrogen) atoms. The van der Waals surface area contributed by atoms with Gasteiger partial charge < -0.3 is 19.2 Å². The van der Waals surface area contributed by atoms with Crippen molar-refractivity contribution in [3.05, 3.63) is 69.6 Å². The molecule has 0 unspecified atom stereocenters. The molecule has 1 amide bonds. The molecule has 0 spiro atoms. The van der Waals surface area contributed by atoms with Gasteiger partial charge in [-0.15, -0.1) is 0 Å². The first-order valence-electron chi connectivity index (χ1n) is 10.6. The number of benzene rings is 2. The van der Waals surface area contributed by atoms with Crippen molar-refractivity contribution in [3.63, 3.8) is 0 Å². The lowest BCUT2D eigenvalue weighted by Crippen LogP contribution is -2.28. The van der Waals surface area contributed by atoms with E-state index in [2.05, 4.69) is 19.2 Å². The average Bonchev–Trinajstić information content (AvgIpc) is 2.75. The SMILES string of the molecule is CCCNC(=O)c1cc2ccc(OC(=O)COc3ccc(C(C)C)c(C)c3)cc2oc1=O. The minimum Gasteiger partial charge on any atom is -0.482 e. The highest BCUT2D eigenvalue weighted by molar-refractivity contribution is 5.96. The van der Waals surface area contributed by atoms with Crippen LogP contribution in [0.15, 0.2) is 51.7 Å². The first-order valence-corrected chi connectivity index (χ1v) is 10.6. The topological polar surface area (TPSA) is 94.8 Å². The normalized spacial score (nSPS) is 10.9. The average molecular weight is 437 g/mol.